The number of fused-ring (bicyclic) bond motifs is 1. The zero-order valence-corrected chi connectivity index (χ0v) is 16.6. The minimum Gasteiger partial charge on any atom is -0.478 e. The third kappa shape index (κ3) is 3.57. The van der Waals surface area contributed by atoms with Gasteiger partial charge in [0.15, 0.2) is 0 Å². The minimum atomic E-state index is -4.45. The molecule has 1 aliphatic rings. The van der Waals surface area contributed by atoms with Gasteiger partial charge in [0.05, 0.1) is 11.3 Å². The van der Waals surface area contributed by atoms with E-state index in [1.165, 1.54) is 0 Å². The Balaban J connectivity index is 0.00000210. The van der Waals surface area contributed by atoms with Crippen LogP contribution in [0.15, 0.2) is 60.8 Å². The first-order valence-corrected chi connectivity index (χ1v) is 7.98. The van der Waals surface area contributed by atoms with Crippen molar-refractivity contribution >= 4 is 22.9 Å². The van der Waals surface area contributed by atoms with Gasteiger partial charge in [0.1, 0.15) is 5.82 Å². The summed E-state index contributed by atoms with van der Waals surface area (Å²) in [6, 6.07) is 19.0. The van der Waals surface area contributed by atoms with Gasteiger partial charge in [0.2, 0.25) is 0 Å². The fraction of sp³-hybridized carbons (Fsp3) is 0.100. The van der Waals surface area contributed by atoms with Gasteiger partial charge in [0, 0.05) is 32.0 Å². The van der Waals surface area contributed by atoms with Crippen LogP contribution in [0.1, 0.15) is 11.1 Å². The van der Waals surface area contributed by atoms with E-state index in [9.17, 15) is 13.2 Å². The van der Waals surface area contributed by atoms with Crippen LogP contribution in [0.4, 0.5) is 36.1 Å². The average molecular weight is 546 g/mol. The predicted molar refractivity (Wildman–Crippen MR) is 94.3 cm³/mol. The molecule has 141 valence electrons. The third-order valence-corrected chi connectivity index (χ3v) is 4.22. The molecule has 7 heteroatoms. The van der Waals surface area contributed by atoms with E-state index in [0.717, 1.165) is 23.5 Å². The molecule has 4 rings (SSSR count). The SMILES string of the molecule is Cc1ccccc1N1[CH-]N(c2[c-]cccc2)c2ncc(C(F)(F)F)cc21.[Ir]. The number of nitrogens with zero attached hydrogens (tertiary/aromatic N) is 3. The number of hydrogen-bond acceptors (Lipinski definition) is 3. The summed E-state index contributed by atoms with van der Waals surface area (Å²) in [4.78, 5) is 7.57. The van der Waals surface area contributed by atoms with Crippen LogP contribution in [-0.4, -0.2) is 4.98 Å². The van der Waals surface area contributed by atoms with Gasteiger partial charge in [0.25, 0.3) is 0 Å². The molecule has 3 nitrogen and oxygen atoms in total. The quantitative estimate of drug-likeness (QED) is 0.390. The van der Waals surface area contributed by atoms with Crippen molar-refractivity contribution in [1.29, 1.82) is 0 Å². The van der Waals surface area contributed by atoms with Crippen molar-refractivity contribution in [3.05, 3.63) is 84.7 Å². The molecule has 1 radical (unpaired) electrons. The Kier molecular flexibility index (Phi) is 5.26. The number of benzene rings is 2. The van der Waals surface area contributed by atoms with Crippen LogP contribution < -0.4 is 9.80 Å². The molecule has 1 aromatic heterocycles. The van der Waals surface area contributed by atoms with Gasteiger partial charge in [-0.3, -0.25) is 0 Å². The van der Waals surface area contributed by atoms with E-state index in [-0.39, 0.29) is 20.1 Å². The van der Waals surface area contributed by atoms with E-state index < -0.39 is 11.7 Å². The first-order chi connectivity index (χ1) is 12.4. The molecule has 0 saturated heterocycles. The van der Waals surface area contributed by atoms with Crippen molar-refractivity contribution in [2.75, 3.05) is 9.80 Å². The summed E-state index contributed by atoms with van der Waals surface area (Å²) in [6.45, 7) is 3.66. The van der Waals surface area contributed by atoms with Crippen molar-refractivity contribution in [1.82, 2.24) is 4.98 Å². The first-order valence-electron chi connectivity index (χ1n) is 7.98. The molecule has 0 spiro atoms. The van der Waals surface area contributed by atoms with Crippen LogP contribution >= 0.6 is 0 Å². The van der Waals surface area contributed by atoms with Crippen LogP contribution in [0, 0.1) is 19.7 Å². The molecule has 0 fully saturated rings. The van der Waals surface area contributed by atoms with E-state index in [1.807, 2.05) is 49.4 Å². The summed E-state index contributed by atoms with van der Waals surface area (Å²) in [5.74, 6) is 0.434. The Bertz CT molecular complexity index is 945. The molecule has 0 bridgehead atoms. The maximum absolute atomic E-state index is 13.2. The number of anilines is 4. The molecule has 1 aliphatic heterocycles. The summed E-state index contributed by atoms with van der Waals surface area (Å²) >= 11 is 0. The second-order valence-corrected chi connectivity index (χ2v) is 5.95. The zero-order chi connectivity index (χ0) is 18.3. The summed E-state index contributed by atoms with van der Waals surface area (Å²) in [5, 5.41) is 0. The molecule has 0 N–H and O–H groups in total. The molecule has 2 heterocycles. The number of aromatic nitrogens is 1. The van der Waals surface area contributed by atoms with Gasteiger partial charge in [-0.05, 0) is 24.6 Å². The maximum Gasteiger partial charge on any atom is 0.417 e. The average Bonchev–Trinajstić information content (AvgIpc) is 3.01. The van der Waals surface area contributed by atoms with Crippen molar-refractivity contribution in [3.8, 4) is 0 Å². The van der Waals surface area contributed by atoms with Gasteiger partial charge in [-0.25, -0.2) is 4.98 Å². The molecule has 0 saturated carbocycles. The monoisotopic (exact) mass is 546 g/mol. The first kappa shape index (κ1) is 19.4. The van der Waals surface area contributed by atoms with E-state index in [2.05, 4.69) is 11.1 Å². The predicted octanol–water partition coefficient (Wildman–Crippen LogP) is 5.62. The molecule has 3 aromatic rings. The third-order valence-electron chi connectivity index (χ3n) is 4.22. The smallest absolute Gasteiger partial charge is 0.417 e. The standard InChI is InChI=1S/C20H14F3N3.Ir/c1-14-7-5-6-10-17(14)26-13-25(16-8-3-2-4-9-16)19-18(26)11-15(12-24-19)20(21,22)23;/h2-8,10-13H,1H3;/q-2;. The van der Waals surface area contributed by atoms with Crippen LogP contribution in [0.3, 0.4) is 0 Å². The largest absolute Gasteiger partial charge is 0.478 e. The zero-order valence-electron chi connectivity index (χ0n) is 14.2. The topological polar surface area (TPSA) is 19.4 Å². The summed E-state index contributed by atoms with van der Waals surface area (Å²) in [5.41, 5.74) is 2.06. The summed E-state index contributed by atoms with van der Waals surface area (Å²) < 4.78 is 39.6. The number of halogens is 3. The molecular formula is C20H14F3IrN3-2. The Labute approximate surface area is 168 Å². The van der Waals surface area contributed by atoms with E-state index >= 15 is 0 Å². The summed E-state index contributed by atoms with van der Waals surface area (Å²) in [6.07, 6.45) is -3.59. The van der Waals surface area contributed by atoms with Crippen LogP contribution in [-0.2, 0) is 26.3 Å². The number of pyridine rings is 1. The molecule has 0 atom stereocenters. The molecular weight excluding hydrogens is 531 g/mol. The number of hydrogen-bond donors (Lipinski definition) is 0. The van der Waals surface area contributed by atoms with E-state index in [4.69, 9.17) is 0 Å². The van der Waals surface area contributed by atoms with Gasteiger partial charge < -0.3 is 9.80 Å². The fourth-order valence-electron chi connectivity index (χ4n) is 2.93. The molecule has 2 aromatic carbocycles. The van der Waals surface area contributed by atoms with E-state index in [0.29, 0.717) is 17.2 Å². The van der Waals surface area contributed by atoms with Gasteiger partial charge in [-0.1, -0.05) is 18.2 Å². The van der Waals surface area contributed by atoms with Crippen LogP contribution in [0.25, 0.3) is 0 Å². The Hall–Kier alpha value is -2.37. The van der Waals surface area contributed by atoms with Crippen molar-refractivity contribution in [3.63, 3.8) is 0 Å². The number of aryl methyl sites for hydroxylation is 1. The second kappa shape index (κ2) is 7.33. The van der Waals surface area contributed by atoms with Crippen LogP contribution in [0.5, 0.6) is 0 Å². The van der Waals surface area contributed by atoms with E-state index in [1.54, 1.807) is 22.5 Å². The molecule has 0 amide bonds. The normalized spacial score (nSPS) is 13.3. The van der Waals surface area contributed by atoms with Crippen molar-refractivity contribution in [2.24, 2.45) is 0 Å². The van der Waals surface area contributed by atoms with Crippen molar-refractivity contribution < 1.29 is 33.3 Å². The number of alkyl halides is 3. The van der Waals surface area contributed by atoms with Gasteiger partial charge in [-0.15, -0.1) is 12.4 Å². The summed E-state index contributed by atoms with van der Waals surface area (Å²) in [7, 11) is 0. The maximum atomic E-state index is 13.2. The van der Waals surface area contributed by atoms with Crippen molar-refractivity contribution in [2.45, 2.75) is 13.1 Å². The van der Waals surface area contributed by atoms with Crippen LogP contribution in [0.2, 0.25) is 0 Å². The Morgan fingerprint density at radius 3 is 2.41 bits per heavy atom. The minimum absolute atomic E-state index is 0. The Morgan fingerprint density at radius 1 is 1.00 bits per heavy atom. The number of para-hydroxylation sites is 2. The Morgan fingerprint density at radius 2 is 1.74 bits per heavy atom. The van der Waals surface area contributed by atoms with Gasteiger partial charge in [-0.2, -0.15) is 43.5 Å². The number of rotatable bonds is 2. The molecule has 0 aliphatic carbocycles. The molecule has 0 unspecified atom stereocenters. The fourth-order valence-corrected chi connectivity index (χ4v) is 2.93. The molecule has 27 heavy (non-hydrogen) atoms. The second-order valence-electron chi connectivity index (χ2n) is 5.95. The van der Waals surface area contributed by atoms with Gasteiger partial charge >= 0.3 is 6.18 Å².